The number of aryl methyl sites for hydroxylation is 1. The minimum Gasteiger partial charge on any atom is -0.493 e. The molecule has 0 aliphatic rings. The lowest BCUT2D eigenvalue weighted by Crippen LogP contribution is -2.27. The highest BCUT2D eigenvalue weighted by Gasteiger charge is 2.11. The Labute approximate surface area is 123 Å². The summed E-state index contributed by atoms with van der Waals surface area (Å²) in [6.45, 7) is 2.57. The molecule has 6 nitrogen and oxygen atoms in total. The average molecular weight is 289 g/mol. The fourth-order valence-electron chi connectivity index (χ4n) is 1.83. The number of carbonyl (C=O) groups excluding carboxylic acids is 1. The van der Waals surface area contributed by atoms with E-state index in [1.165, 1.54) is 0 Å². The summed E-state index contributed by atoms with van der Waals surface area (Å²) >= 11 is 0. The summed E-state index contributed by atoms with van der Waals surface area (Å²) in [7, 11) is 1.73. The number of ether oxygens (including phenoxy) is 1. The van der Waals surface area contributed by atoms with Gasteiger partial charge in [0.2, 0.25) is 5.91 Å². The molecule has 0 radical (unpaired) electrons. The molecule has 2 N–H and O–H groups in total. The van der Waals surface area contributed by atoms with Gasteiger partial charge in [-0.05, 0) is 31.2 Å². The van der Waals surface area contributed by atoms with Crippen LogP contribution < -0.4 is 10.5 Å². The van der Waals surface area contributed by atoms with E-state index in [0.717, 1.165) is 11.5 Å². The summed E-state index contributed by atoms with van der Waals surface area (Å²) < 4.78 is 10.5. The Morgan fingerprint density at radius 1 is 1.38 bits per heavy atom. The third kappa shape index (κ3) is 4.52. The van der Waals surface area contributed by atoms with Crippen LogP contribution in [0.5, 0.6) is 5.75 Å². The van der Waals surface area contributed by atoms with Crippen LogP contribution in [0.4, 0.5) is 5.69 Å². The molecule has 1 aromatic carbocycles. The Morgan fingerprint density at radius 3 is 2.71 bits per heavy atom. The van der Waals surface area contributed by atoms with E-state index in [0.29, 0.717) is 31.0 Å². The number of anilines is 1. The first kappa shape index (κ1) is 14.9. The molecular weight excluding hydrogens is 270 g/mol. The number of nitrogens with zero attached hydrogens (tertiary/aromatic N) is 2. The molecule has 1 aromatic heterocycles. The lowest BCUT2D eigenvalue weighted by molar-refractivity contribution is -0.131. The number of nitrogens with two attached hydrogens (primary N) is 1. The largest absolute Gasteiger partial charge is 0.493 e. The van der Waals surface area contributed by atoms with E-state index < -0.39 is 0 Å². The van der Waals surface area contributed by atoms with E-state index in [9.17, 15) is 4.79 Å². The van der Waals surface area contributed by atoms with Gasteiger partial charge in [0.25, 0.3) is 0 Å². The van der Waals surface area contributed by atoms with Crippen LogP contribution in [-0.4, -0.2) is 29.6 Å². The molecule has 2 aromatic rings. The lowest BCUT2D eigenvalue weighted by atomic mass is 10.3. The molecule has 0 spiro atoms. The number of rotatable bonds is 6. The molecule has 21 heavy (non-hydrogen) atoms. The van der Waals surface area contributed by atoms with Crippen LogP contribution in [0.2, 0.25) is 0 Å². The normalized spacial score (nSPS) is 10.4. The summed E-state index contributed by atoms with van der Waals surface area (Å²) in [5.74, 6) is 1.43. The predicted octanol–water partition coefficient (Wildman–Crippen LogP) is 1.99. The van der Waals surface area contributed by atoms with E-state index >= 15 is 0 Å². The number of hydrogen-bond donors (Lipinski definition) is 1. The van der Waals surface area contributed by atoms with Crippen LogP contribution in [0.15, 0.2) is 34.9 Å². The Balaban J connectivity index is 1.74. The number of nitrogen functional groups attached to an aromatic ring is 1. The van der Waals surface area contributed by atoms with Gasteiger partial charge in [-0.3, -0.25) is 4.79 Å². The Bertz CT molecular complexity index is 592. The molecular formula is C15H19N3O3. The number of hydrogen-bond acceptors (Lipinski definition) is 5. The second-order valence-corrected chi connectivity index (χ2v) is 4.85. The Kier molecular flexibility index (Phi) is 4.81. The first-order valence-corrected chi connectivity index (χ1v) is 6.69. The van der Waals surface area contributed by atoms with Crippen molar-refractivity contribution in [2.45, 2.75) is 19.9 Å². The van der Waals surface area contributed by atoms with Crippen molar-refractivity contribution in [1.29, 1.82) is 0 Å². The zero-order valence-electron chi connectivity index (χ0n) is 12.2. The second kappa shape index (κ2) is 6.78. The van der Waals surface area contributed by atoms with Gasteiger partial charge < -0.3 is 19.9 Å². The third-order valence-corrected chi connectivity index (χ3v) is 2.97. The van der Waals surface area contributed by atoms with E-state index in [1.54, 1.807) is 36.2 Å². The van der Waals surface area contributed by atoms with Crippen molar-refractivity contribution in [1.82, 2.24) is 10.1 Å². The van der Waals surface area contributed by atoms with Crippen molar-refractivity contribution in [3.05, 3.63) is 41.8 Å². The van der Waals surface area contributed by atoms with E-state index in [4.69, 9.17) is 15.0 Å². The predicted molar refractivity (Wildman–Crippen MR) is 78.7 cm³/mol. The Hall–Kier alpha value is -2.50. The standard InChI is InChI=1S/C15H19N3O3/c1-11-9-13(17-21-11)10-18(2)15(19)7-8-20-14-5-3-12(16)4-6-14/h3-6,9H,7-8,10,16H2,1-2H3. The molecule has 6 heteroatoms. The molecule has 0 atom stereocenters. The third-order valence-electron chi connectivity index (χ3n) is 2.97. The second-order valence-electron chi connectivity index (χ2n) is 4.85. The minimum absolute atomic E-state index is 0.00824. The van der Waals surface area contributed by atoms with Gasteiger partial charge in [-0.1, -0.05) is 5.16 Å². The van der Waals surface area contributed by atoms with Crippen molar-refractivity contribution >= 4 is 11.6 Å². The number of carbonyl (C=O) groups is 1. The van der Waals surface area contributed by atoms with Gasteiger partial charge >= 0.3 is 0 Å². The van der Waals surface area contributed by atoms with Crippen molar-refractivity contribution in [3.8, 4) is 5.75 Å². The molecule has 0 aliphatic carbocycles. The van der Waals surface area contributed by atoms with E-state index in [-0.39, 0.29) is 5.91 Å². The SMILES string of the molecule is Cc1cc(CN(C)C(=O)CCOc2ccc(N)cc2)no1. The maximum absolute atomic E-state index is 12.0. The fraction of sp³-hybridized carbons (Fsp3) is 0.333. The lowest BCUT2D eigenvalue weighted by Gasteiger charge is -2.15. The van der Waals surface area contributed by atoms with Crippen molar-refractivity contribution in [2.75, 3.05) is 19.4 Å². The smallest absolute Gasteiger partial charge is 0.226 e. The minimum atomic E-state index is -0.00824. The number of aromatic nitrogens is 1. The van der Waals surface area contributed by atoms with Crippen LogP contribution in [0.25, 0.3) is 0 Å². The average Bonchev–Trinajstić information content (AvgIpc) is 2.86. The molecule has 0 aliphatic heterocycles. The first-order chi connectivity index (χ1) is 10.0. The highest BCUT2D eigenvalue weighted by atomic mass is 16.5. The van der Waals surface area contributed by atoms with Gasteiger partial charge in [0.05, 0.1) is 19.6 Å². The maximum Gasteiger partial charge on any atom is 0.226 e. The molecule has 0 saturated heterocycles. The molecule has 0 fully saturated rings. The highest BCUT2D eigenvalue weighted by molar-refractivity contribution is 5.75. The Morgan fingerprint density at radius 2 is 2.10 bits per heavy atom. The van der Waals surface area contributed by atoms with Gasteiger partial charge in [0, 0.05) is 18.8 Å². The van der Waals surface area contributed by atoms with Crippen molar-refractivity contribution in [3.63, 3.8) is 0 Å². The van der Waals surface area contributed by atoms with Gasteiger partial charge in [-0.25, -0.2) is 0 Å². The summed E-state index contributed by atoms with van der Waals surface area (Å²) in [6, 6.07) is 8.89. The zero-order chi connectivity index (χ0) is 15.2. The van der Waals surface area contributed by atoms with Crippen LogP contribution >= 0.6 is 0 Å². The molecule has 0 bridgehead atoms. The van der Waals surface area contributed by atoms with E-state index in [1.807, 2.05) is 13.0 Å². The topological polar surface area (TPSA) is 81.6 Å². The summed E-state index contributed by atoms with van der Waals surface area (Å²) in [6.07, 6.45) is 0.303. The number of benzene rings is 1. The fourth-order valence-corrected chi connectivity index (χ4v) is 1.83. The van der Waals surface area contributed by atoms with Gasteiger partial charge in [-0.15, -0.1) is 0 Å². The molecule has 112 valence electrons. The highest BCUT2D eigenvalue weighted by Crippen LogP contribution is 2.13. The summed E-state index contributed by atoms with van der Waals surface area (Å²) in [5.41, 5.74) is 7.01. The first-order valence-electron chi connectivity index (χ1n) is 6.69. The van der Waals surface area contributed by atoms with Gasteiger partial charge in [0.1, 0.15) is 17.2 Å². The molecule has 1 amide bonds. The quantitative estimate of drug-likeness (QED) is 0.822. The molecule has 1 heterocycles. The summed E-state index contributed by atoms with van der Waals surface area (Å²) in [4.78, 5) is 13.6. The zero-order valence-corrected chi connectivity index (χ0v) is 12.2. The molecule has 2 rings (SSSR count). The monoisotopic (exact) mass is 289 g/mol. The summed E-state index contributed by atoms with van der Waals surface area (Å²) in [5, 5.41) is 3.86. The van der Waals surface area contributed by atoms with Gasteiger partial charge in [0.15, 0.2) is 0 Å². The maximum atomic E-state index is 12.0. The van der Waals surface area contributed by atoms with Crippen LogP contribution in [0.1, 0.15) is 17.9 Å². The van der Waals surface area contributed by atoms with Crippen LogP contribution in [0.3, 0.4) is 0 Å². The van der Waals surface area contributed by atoms with Crippen molar-refractivity contribution in [2.24, 2.45) is 0 Å². The number of amides is 1. The van der Waals surface area contributed by atoms with Crippen LogP contribution in [0, 0.1) is 6.92 Å². The van der Waals surface area contributed by atoms with Crippen LogP contribution in [-0.2, 0) is 11.3 Å². The molecule has 0 saturated carbocycles. The van der Waals surface area contributed by atoms with Gasteiger partial charge in [-0.2, -0.15) is 0 Å². The molecule has 0 unspecified atom stereocenters. The van der Waals surface area contributed by atoms with E-state index in [2.05, 4.69) is 5.16 Å². The van der Waals surface area contributed by atoms with Crippen molar-refractivity contribution < 1.29 is 14.1 Å².